The molecule has 0 aromatic carbocycles. The minimum atomic E-state index is -0.509. The fourth-order valence-electron chi connectivity index (χ4n) is 2.12. The number of carbonyl (C=O) groups is 1. The SMILES string of the molecule is CCOC(=O)C(C)n1c(C(C)Cl)nc2ccc(C)nc21. The van der Waals surface area contributed by atoms with E-state index in [9.17, 15) is 4.79 Å². The number of hydrogen-bond donors (Lipinski definition) is 0. The lowest BCUT2D eigenvalue weighted by atomic mass is 10.3. The number of hydrogen-bond acceptors (Lipinski definition) is 4. The van der Waals surface area contributed by atoms with Crippen molar-refractivity contribution in [3.63, 3.8) is 0 Å². The molecule has 0 saturated carbocycles. The van der Waals surface area contributed by atoms with Gasteiger partial charge in [0.1, 0.15) is 17.4 Å². The molecule has 0 N–H and O–H groups in total. The van der Waals surface area contributed by atoms with Gasteiger partial charge in [0.25, 0.3) is 0 Å². The highest BCUT2D eigenvalue weighted by Gasteiger charge is 2.25. The Morgan fingerprint density at radius 1 is 1.40 bits per heavy atom. The number of imidazole rings is 1. The quantitative estimate of drug-likeness (QED) is 0.642. The third-order valence-electron chi connectivity index (χ3n) is 3.07. The van der Waals surface area contributed by atoms with Crippen LogP contribution < -0.4 is 0 Å². The third-order valence-corrected chi connectivity index (χ3v) is 3.27. The molecule has 0 aliphatic carbocycles. The molecule has 0 aliphatic heterocycles. The Labute approximate surface area is 122 Å². The normalized spacial score (nSPS) is 14.2. The largest absolute Gasteiger partial charge is 0.464 e. The third kappa shape index (κ3) is 2.63. The zero-order valence-electron chi connectivity index (χ0n) is 12.1. The van der Waals surface area contributed by atoms with Crippen LogP contribution in [-0.2, 0) is 9.53 Å². The summed E-state index contributed by atoms with van der Waals surface area (Å²) in [6, 6.07) is 3.26. The first kappa shape index (κ1) is 14.8. The van der Waals surface area contributed by atoms with Crippen molar-refractivity contribution in [2.45, 2.75) is 39.1 Å². The molecule has 0 radical (unpaired) electrons. The molecule has 2 rings (SSSR count). The molecule has 6 heteroatoms. The maximum atomic E-state index is 12.0. The lowest BCUT2D eigenvalue weighted by molar-refractivity contribution is -0.146. The van der Waals surface area contributed by atoms with Gasteiger partial charge in [-0.1, -0.05) is 0 Å². The number of nitrogens with zero attached hydrogens (tertiary/aromatic N) is 3. The van der Waals surface area contributed by atoms with Crippen LogP contribution in [0.4, 0.5) is 0 Å². The standard InChI is InChI=1S/C14H18ClN3O2/c1-5-20-14(19)10(4)18-12(9(3)15)17-11-7-6-8(2)16-13(11)18/h6-7,9-10H,5H2,1-4H3. The summed E-state index contributed by atoms with van der Waals surface area (Å²) in [6.07, 6.45) is 0. The second-order valence-electron chi connectivity index (χ2n) is 4.68. The number of esters is 1. The summed E-state index contributed by atoms with van der Waals surface area (Å²) in [5.41, 5.74) is 2.26. The van der Waals surface area contributed by atoms with Crippen LogP contribution in [0.2, 0.25) is 0 Å². The average Bonchev–Trinajstić information content (AvgIpc) is 2.76. The molecule has 5 nitrogen and oxygen atoms in total. The predicted octanol–water partition coefficient (Wildman–Crippen LogP) is 3.16. The zero-order valence-corrected chi connectivity index (χ0v) is 12.8. The molecule has 2 aromatic heterocycles. The van der Waals surface area contributed by atoms with Crippen molar-refractivity contribution in [2.24, 2.45) is 0 Å². The molecule has 2 aromatic rings. The van der Waals surface area contributed by atoms with Gasteiger partial charge in [0.2, 0.25) is 0 Å². The van der Waals surface area contributed by atoms with Crippen LogP contribution in [-0.4, -0.2) is 27.1 Å². The summed E-state index contributed by atoms with van der Waals surface area (Å²) in [5.74, 6) is 0.314. The molecule has 2 heterocycles. The lowest BCUT2D eigenvalue weighted by Gasteiger charge is -2.16. The monoisotopic (exact) mass is 295 g/mol. The molecular weight excluding hydrogens is 278 g/mol. The van der Waals surface area contributed by atoms with E-state index in [4.69, 9.17) is 16.3 Å². The van der Waals surface area contributed by atoms with E-state index < -0.39 is 6.04 Å². The number of ether oxygens (including phenoxy) is 1. The van der Waals surface area contributed by atoms with E-state index in [2.05, 4.69) is 9.97 Å². The van der Waals surface area contributed by atoms with Crippen molar-refractivity contribution < 1.29 is 9.53 Å². The summed E-state index contributed by atoms with van der Waals surface area (Å²) in [7, 11) is 0. The zero-order chi connectivity index (χ0) is 14.9. The van der Waals surface area contributed by atoms with Crippen molar-refractivity contribution in [3.05, 3.63) is 23.7 Å². The molecule has 0 aliphatic rings. The number of carbonyl (C=O) groups excluding carboxylic acids is 1. The van der Waals surface area contributed by atoms with Gasteiger partial charge in [0, 0.05) is 5.69 Å². The highest BCUT2D eigenvalue weighted by atomic mass is 35.5. The Kier molecular flexibility index (Phi) is 4.28. The van der Waals surface area contributed by atoms with Gasteiger partial charge in [-0.05, 0) is 39.8 Å². The second-order valence-corrected chi connectivity index (χ2v) is 5.33. The minimum absolute atomic E-state index is 0.311. The van der Waals surface area contributed by atoms with Crippen LogP contribution >= 0.6 is 11.6 Å². The van der Waals surface area contributed by atoms with Crippen molar-refractivity contribution in [1.29, 1.82) is 0 Å². The molecule has 0 amide bonds. The molecular formula is C14H18ClN3O2. The van der Waals surface area contributed by atoms with E-state index in [1.807, 2.05) is 26.0 Å². The van der Waals surface area contributed by atoms with Crippen molar-refractivity contribution in [1.82, 2.24) is 14.5 Å². The molecule has 0 saturated heterocycles. The van der Waals surface area contributed by atoms with Crippen LogP contribution in [0.3, 0.4) is 0 Å². The first-order chi connectivity index (χ1) is 9.45. The minimum Gasteiger partial charge on any atom is -0.464 e. The van der Waals surface area contributed by atoms with Crippen LogP contribution in [0.5, 0.6) is 0 Å². The van der Waals surface area contributed by atoms with Crippen LogP contribution in [0.1, 0.15) is 43.7 Å². The summed E-state index contributed by atoms with van der Waals surface area (Å²) in [6.45, 7) is 7.61. The summed E-state index contributed by atoms with van der Waals surface area (Å²) in [5, 5.41) is -0.318. The number of pyridine rings is 1. The van der Waals surface area contributed by atoms with Gasteiger partial charge >= 0.3 is 5.97 Å². The van der Waals surface area contributed by atoms with Gasteiger partial charge in [-0.3, -0.25) is 4.57 Å². The van der Waals surface area contributed by atoms with E-state index in [-0.39, 0.29) is 11.3 Å². The molecule has 0 fully saturated rings. The highest BCUT2D eigenvalue weighted by molar-refractivity contribution is 6.20. The lowest BCUT2D eigenvalue weighted by Crippen LogP contribution is -2.21. The Morgan fingerprint density at radius 2 is 2.10 bits per heavy atom. The van der Waals surface area contributed by atoms with Gasteiger partial charge in [-0.25, -0.2) is 14.8 Å². The van der Waals surface area contributed by atoms with E-state index >= 15 is 0 Å². The molecule has 20 heavy (non-hydrogen) atoms. The smallest absolute Gasteiger partial charge is 0.328 e. The van der Waals surface area contributed by atoms with Gasteiger partial charge in [-0.2, -0.15) is 0 Å². The Balaban J connectivity index is 2.61. The van der Waals surface area contributed by atoms with Crippen LogP contribution in [0.25, 0.3) is 11.2 Å². The van der Waals surface area contributed by atoms with Crippen molar-refractivity contribution in [3.8, 4) is 0 Å². The Morgan fingerprint density at radius 3 is 2.70 bits per heavy atom. The van der Waals surface area contributed by atoms with Crippen LogP contribution in [0.15, 0.2) is 12.1 Å². The number of halogens is 1. The molecule has 0 spiro atoms. The van der Waals surface area contributed by atoms with E-state index in [0.29, 0.717) is 18.1 Å². The van der Waals surface area contributed by atoms with Crippen molar-refractivity contribution in [2.75, 3.05) is 6.61 Å². The predicted molar refractivity (Wildman–Crippen MR) is 77.9 cm³/mol. The highest BCUT2D eigenvalue weighted by Crippen LogP contribution is 2.27. The number of fused-ring (bicyclic) bond motifs is 1. The average molecular weight is 296 g/mol. The van der Waals surface area contributed by atoms with Gasteiger partial charge in [0.15, 0.2) is 5.65 Å². The van der Waals surface area contributed by atoms with Crippen molar-refractivity contribution >= 4 is 28.7 Å². The van der Waals surface area contributed by atoms with Gasteiger partial charge in [-0.15, -0.1) is 11.6 Å². The number of aryl methyl sites for hydroxylation is 1. The fraction of sp³-hybridized carbons (Fsp3) is 0.500. The second kappa shape index (κ2) is 5.79. The molecule has 108 valence electrons. The number of alkyl halides is 1. The first-order valence-corrected chi connectivity index (χ1v) is 7.05. The summed E-state index contributed by atoms with van der Waals surface area (Å²) in [4.78, 5) is 21.0. The molecule has 2 unspecified atom stereocenters. The first-order valence-electron chi connectivity index (χ1n) is 6.61. The topological polar surface area (TPSA) is 57.0 Å². The fourth-order valence-corrected chi connectivity index (χ4v) is 2.27. The maximum absolute atomic E-state index is 12.0. The van der Waals surface area contributed by atoms with Crippen LogP contribution in [0, 0.1) is 6.92 Å². The maximum Gasteiger partial charge on any atom is 0.328 e. The van der Waals surface area contributed by atoms with E-state index in [0.717, 1.165) is 11.2 Å². The number of rotatable bonds is 4. The molecule has 2 atom stereocenters. The summed E-state index contributed by atoms with van der Waals surface area (Å²) >= 11 is 6.18. The Hall–Kier alpha value is -1.62. The van der Waals surface area contributed by atoms with E-state index in [1.54, 1.807) is 18.4 Å². The number of aromatic nitrogens is 3. The Bertz CT molecular complexity index is 637. The molecule has 0 bridgehead atoms. The van der Waals surface area contributed by atoms with Gasteiger partial charge in [0.05, 0.1) is 12.0 Å². The van der Waals surface area contributed by atoms with E-state index in [1.165, 1.54) is 0 Å². The van der Waals surface area contributed by atoms with Gasteiger partial charge < -0.3 is 4.74 Å². The summed E-state index contributed by atoms with van der Waals surface area (Å²) < 4.78 is 6.84.